The fourth-order valence-corrected chi connectivity index (χ4v) is 2.15. The summed E-state index contributed by atoms with van der Waals surface area (Å²) in [4.78, 5) is 40.0. The minimum Gasteiger partial charge on any atom is -0.442 e. The second kappa shape index (κ2) is 10.6. The fraction of sp³-hybridized carbons (Fsp3) is 0.250. The van der Waals surface area contributed by atoms with Gasteiger partial charge in [-0.15, -0.1) is 5.06 Å². The summed E-state index contributed by atoms with van der Waals surface area (Å²) in [5, 5.41) is 0.713. The molecule has 1 atom stereocenters. The molecule has 2 aromatic carbocycles. The molecule has 0 aliphatic carbocycles. The summed E-state index contributed by atoms with van der Waals surface area (Å²) < 4.78 is 10.2. The Morgan fingerprint density at radius 3 is 1.96 bits per heavy atom. The van der Waals surface area contributed by atoms with Crippen molar-refractivity contribution in [3.8, 4) is 0 Å². The molecule has 0 saturated carbocycles. The Hall–Kier alpha value is -3.35. The lowest BCUT2D eigenvalue weighted by Gasteiger charge is -2.24. The van der Waals surface area contributed by atoms with Crippen LogP contribution in [0.15, 0.2) is 60.7 Å². The molecule has 27 heavy (non-hydrogen) atoms. The van der Waals surface area contributed by atoms with Crippen LogP contribution in [0, 0.1) is 0 Å². The van der Waals surface area contributed by atoms with Crippen molar-refractivity contribution in [2.75, 3.05) is 0 Å². The number of carbonyl (C=O) groups is 3. The lowest BCUT2D eigenvalue weighted by atomic mass is 10.2. The van der Waals surface area contributed by atoms with Crippen LogP contribution in [-0.4, -0.2) is 29.6 Å². The Bertz CT molecular complexity index is 735. The smallest absolute Gasteiger partial charge is 0.442 e. The van der Waals surface area contributed by atoms with Crippen LogP contribution in [0.3, 0.4) is 0 Å². The molecule has 0 unspecified atom stereocenters. The molecule has 0 aliphatic heterocycles. The van der Waals surface area contributed by atoms with Crippen LogP contribution < -0.4 is 0 Å². The van der Waals surface area contributed by atoms with Crippen molar-refractivity contribution >= 4 is 18.5 Å². The number of benzene rings is 2. The summed E-state index contributed by atoms with van der Waals surface area (Å²) >= 11 is 0. The van der Waals surface area contributed by atoms with Gasteiger partial charge in [-0.2, -0.15) is 0 Å². The quantitative estimate of drug-likeness (QED) is 0.417. The molecule has 0 bridgehead atoms. The number of amides is 1. The summed E-state index contributed by atoms with van der Waals surface area (Å²) in [6, 6.07) is 17.4. The zero-order valence-electron chi connectivity index (χ0n) is 14.9. The molecule has 0 fully saturated rings. The van der Waals surface area contributed by atoms with E-state index in [2.05, 4.69) is 0 Å². The van der Waals surface area contributed by atoms with E-state index in [1.165, 1.54) is 0 Å². The first-order valence-electron chi connectivity index (χ1n) is 8.42. The first-order chi connectivity index (χ1) is 13.1. The normalized spacial score (nSPS) is 11.1. The SMILES string of the molecule is C[C@@H](CC=O)N(OC(=O)OCc1ccccc1)C(=O)OCc1ccccc1. The average Bonchev–Trinajstić information content (AvgIpc) is 2.70. The van der Waals surface area contributed by atoms with Crippen molar-refractivity contribution in [2.24, 2.45) is 0 Å². The zero-order chi connectivity index (χ0) is 19.5. The number of hydrogen-bond acceptors (Lipinski definition) is 6. The van der Waals surface area contributed by atoms with E-state index in [1.54, 1.807) is 31.2 Å². The van der Waals surface area contributed by atoms with Crippen molar-refractivity contribution in [2.45, 2.75) is 32.6 Å². The fourth-order valence-electron chi connectivity index (χ4n) is 2.15. The van der Waals surface area contributed by atoms with Gasteiger partial charge in [-0.05, 0) is 18.1 Å². The highest BCUT2D eigenvalue weighted by atomic mass is 16.8. The molecule has 0 N–H and O–H groups in total. The van der Waals surface area contributed by atoms with E-state index in [0.29, 0.717) is 11.3 Å². The average molecular weight is 371 g/mol. The van der Waals surface area contributed by atoms with Crippen LogP contribution in [-0.2, 0) is 32.3 Å². The molecule has 7 nitrogen and oxygen atoms in total. The molecule has 0 saturated heterocycles. The van der Waals surface area contributed by atoms with Gasteiger partial charge in [0, 0.05) is 6.42 Å². The molecule has 7 heteroatoms. The maximum Gasteiger partial charge on any atom is 0.533 e. The number of rotatable bonds is 7. The van der Waals surface area contributed by atoms with E-state index in [9.17, 15) is 14.4 Å². The third kappa shape index (κ3) is 6.81. The van der Waals surface area contributed by atoms with Crippen LogP contribution in [0.25, 0.3) is 0 Å². The predicted octanol–water partition coefficient (Wildman–Crippen LogP) is 3.87. The molecule has 0 aliphatic rings. The number of hydrogen-bond donors (Lipinski definition) is 0. The van der Waals surface area contributed by atoms with Crippen LogP contribution in [0.1, 0.15) is 24.5 Å². The number of hydroxylamine groups is 2. The summed E-state index contributed by atoms with van der Waals surface area (Å²) in [6.07, 6.45) is -1.34. The topological polar surface area (TPSA) is 82.1 Å². The maximum atomic E-state index is 12.3. The first kappa shape index (κ1) is 20.0. The summed E-state index contributed by atoms with van der Waals surface area (Å²) in [6.45, 7) is 1.56. The first-order valence-corrected chi connectivity index (χ1v) is 8.42. The van der Waals surface area contributed by atoms with Crippen molar-refractivity contribution in [1.82, 2.24) is 5.06 Å². The molecular formula is C20H21NO6. The summed E-state index contributed by atoms with van der Waals surface area (Å²) in [5.74, 6) is 0. The molecule has 0 heterocycles. The van der Waals surface area contributed by atoms with Gasteiger partial charge in [0.25, 0.3) is 0 Å². The summed E-state index contributed by atoms with van der Waals surface area (Å²) in [7, 11) is 0. The third-order valence-electron chi connectivity index (χ3n) is 3.60. The number of aldehydes is 1. The lowest BCUT2D eigenvalue weighted by Crippen LogP contribution is -2.41. The van der Waals surface area contributed by atoms with Gasteiger partial charge in [-0.3, -0.25) is 4.84 Å². The van der Waals surface area contributed by atoms with E-state index >= 15 is 0 Å². The highest BCUT2D eigenvalue weighted by Crippen LogP contribution is 2.11. The van der Waals surface area contributed by atoms with Gasteiger partial charge in [0.05, 0.1) is 6.04 Å². The molecule has 142 valence electrons. The third-order valence-corrected chi connectivity index (χ3v) is 3.60. The summed E-state index contributed by atoms with van der Waals surface area (Å²) in [5.41, 5.74) is 1.55. The van der Waals surface area contributed by atoms with E-state index < -0.39 is 18.3 Å². The van der Waals surface area contributed by atoms with E-state index in [-0.39, 0.29) is 19.6 Å². The van der Waals surface area contributed by atoms with Crippen LogP contribution in [0.5, 0.6) is 0 Å². The van der Waals surface area contributed by atoms with Crippen molar-refractivity contribution in [3.63, 3.8) is 0 Å². The maximum absolute atomic E-state index is 12.3. The van der Waals surface area contributed by atoms with E-state index in [1.807, 2.05) is 36.4 Å². The highest BCUT2D eigenvalue weighted by molar-refractivity contribution is 5.70. The standard InChI is InChI=1S/C20H21NO6/c1-16(12-13-22)21(19(23)25-14-17-8-4-2-5-9-17)27-20(24)26-15-18-10-6-3-7-11-18/h2-11,13,16H,12,14-15H2,1H3/t16-/m0/s1. The number of ether oxygens (including phenoxy) is 2. The zero-order valence-corrected chi connectivity index (χ0v) is 14.9. The number of nitrogens with zero attached hydrogens (tertiary/aromatic N) is 1. The Balaban J connectivity index is 1.92. The Morgan fingerprint density at radius 1 is 0.926 bits per heavy atom. The second-order valence-electron chi connectivity index (χ2n) is 5.73. The minimum atomic E-state index is -1.06. The van der Waals surface area contributed by atoms with Crippen molar-refractivity contribution in [3.05, 3.63) is 71.8 Å². The van der Waals surface area contributed by atoms with E-state index in [4.69, 9.17) is 14.3 Å². The second-order valence-corrected chi connectivity index (χ2v) is 5.73. The van der Waals surface area contributed by atoms with Gasteiger partial charge >= 0.3 is 12.2 Å². The molecule has 1 amide bonds. The molecule has 0 radical (unpaired) electrons. The monoisotopic (exact) mass is 371 g/mol. The van der Waals surface area contributed by atoms with Gasteiger partial charge in [0.2, 0.25) is 0 Å². The number of carbonyl (C=O) groups excluding carboxylic acids is 3. The largest absolute Gasteiger partial charge is 0.533 e. The Kier molecular flexibility index (Phi) is 7.84. The van der Waals surface area contributed by atoms with Crippen molar-refractivity contribution in [1.29, 1.82) is 0 Å². The minimum absolute atomic E-state index is 0.00532. The van der Waals surface area contributed by atoms with Crippen LogP contribution >= 0.6 is 0 Å². The van der Waals surface area contributed by atoms with Crippen LogP contribution in [0.4, 0.5) is 9.59 Å². The lowest BCUT2D eigenvalue weighted by molar-refractivity contribution is -0.138. The molecule has 2 rings (SSSR count). The van der Waals surface area contributed by atoms with Gasteiger partial charge in [0.1, 0.15) is 19.5 Å². The Labute approximate surface area is 157 Å². The van der Waals surface area contributed by atoms with E-state index in [0.717, 1.165) is 11.1 Å². The van der Waals surface area contributed by atoms with Gasteiger partial charge in [-0.1, -0.05) is 60.7 Å². The van der Waals surface area contributed by atoms with Gasteiger partial charge in [0.15, 0.2) is 0 Å². The van der Waals surface area contributed by atoms with Gasteiger partial charge in [-0.25, -0.2) is 9.59 Å². The van der Waals surface area contributed by atoms with Crippen LogP contribution in [0.2, 0.25) is 0 Å². The predicted molar refractivity (Wildman–Crippen MR) is 96.3 cm³/mol. The Morgan fingerprint density at radius 2 is 1.44 bits per heavy atom. The molecular weight excluding hydrogens is 350 g/mol. The van der Waals surface area contributed by atoms with Gasteiger partial charge < -0.3 is 14.3 Å². The molecule has 0 aromatic heterocycles. The van der Waals surface area contributed by atoms with Crippen molar-refractivity contribution < 1.29 is 28.7 Å². The highest BCUT2D eigenvalue weighted by Gasteiger charge is 2.27. The molecule has 0 spiro atoms. The molecule has 2 aromatic rings.